The van der Waals surface area contributed by atoms with Crippen LogP contribution in [0.5, 0.6) is 0 Å². The number of nitrogens with zero attached hydrogens (tertiary/aromatic N) is 1. The highest BCUT2D eigenvalue weighted by Crippen LogP contribution is 2.30. The molecule has 1 rings (SSSR count). The molecule has 1 aliphatic heterocycles. The number of thioether (sulfide) groups is 1. The Kier molecular flexibility index (Phi) is 5.79. The van der Waals surface area contributed by atoms with Gasteiger partial charge in [0.2, 0.25) is 5.91 Å². The molecule has 0 aliphatic carbocycles. The first-order valence-corrected chi connectivity index (χ1v) is 7.37. The fourth-order valence-electron chi connectivity index (χ4n) is 1.90. The molecule has 1 saturated heterocycles. The Morgan fingerprint density at radius 3 is 2.71 bits per heavy atom. The topological polar surface area (TPSA) is 62.1 Å². The Bertz CT molecular complexity index is 295. The van der Waals surface area contributed by atoms with Crippen molar-refractivity contribution in [3.8, 4) is 6.07 Å². The van der Waals surface area contributed by atoms with Crippen molar-refractivity contribution < 1.29 is 9.53 Å². The summed E-state index contributed by atoms with van der Waals surface area (Å²) in [6.07, 6.45) is 3.92. The van der Waals surface area contributed by atoms with Crippen LogP contribution in [-0.4, -0.2) is 37.2 Å². The molecular formula is C12H20N2O2S. The van der Waals surface area contributed by atoms with Crippen molar-refractivity contribution in [3.05, 3.63) is 0 Å². The number of nitriles is 1. The highest BCUT2D eigenvalue weighted by atomic mass is 32.2. The molecule has 0 aromatic rings. The van der Waals surface area contributed by atoms with Crippen molar-refractivity contribution in [1.29, 1.82) is 5.26 Å². The van der Waals surface area contributed by atoms with Gasteiger partial charge in [-0.05, 0) is 25.5 Å². The Labute approximate surface area is 107 Å². The summed E-state index contributed by atoms with van der Waals surface area (Å²) in [5, 5.41) is 12.2. The summed E-state index contributed by atoms with van der Waals surface area (Å²) in [7, 11) is 0. The SMILES string of the molecule is CCC(CSC)NC(=O)C1(C#N)CCOCC1. The van der Waals surface area contributed by atoms with E-state index in [1.165, 1.54) is 0 Å². The van der Waals surface area contributed by atoms with E-state index in [2.05, 4.69) is 11.4 Å². The second kappa shape index (κ2) is 6.87. The maximum absolute atomic E-state index is 12.2. The van der Waals surface area contributed by atoms with Gasteiger partial charge in [0.25, 0.3) is 0 Å². The molecule has 0 radical (unpaired) electrons. The van der Waals surface area contributed by atoms with Gasteiger partial charge in [0.1, 0.15) is 5.41 Å². The number of carbonyl (C=O) groups is 1. The van der Waals surface area contributed by atoms with E-state index in [1.54, 1.807) is 11.8 Å². The van der Waals surface area contributed by atoms with Crippen LogP contribution in [0.4, 0.5) is 0 Å². The van der Waals surface area contributed by atoms with E-state index in [0.29, 0.717) is 26.1 Å². The van der Waals surface area contributed by atoms with Gasteiger partial charge in [-0.1, -0.05) is 6.92 Å². The van der Waals surface area contributed by atoms with Crippen molar-refractivity contribution in [1.82, 2.24) is 5.32 Å². The average molecular weight is 256 g/mol. The van der Waals surface area contributed by atoms with Crippen LogP contribution in [0.3, 0.4) is 0 Å². The van der Waals surface area contributed by atoms with Gasteiger partial charge in [0, 0.05) is 25.0 Å². The number of carbonyl (C=O) groups excluding carboxylic acids is 1. The van der Waals surface area contributed by atoms with Crippen LogP contribution in [-0.2, 0) is 9.53 Å². The smallest absolute Gasteiger partial charge is 0.240 e. The lowest BCUT2D eigenvalue weighted by Crippen LogP contribution is -2.48. The largest absolute Gasteiger partial charge is 0.381 e. The first-order valence-electron chi connectivity index (χ1n) is 5.97. The molecule has 0 bridgehead atoms. The summed E-state index contributed by atoms with van der Waals surface area (Å²) < 4.78 is 5.22. The van der Waals surface area contributed by atoms with Gasteiger partial charge >= 0.3 is 0 Å². The van der Waals surface area contributed by atoms with E-state index in [1.807, 2.05) is 13.2 Å². The van der Waals surface area contributed by atoms with Crippen LogP contribution in [0, 0.1) is 16.7 Å². The van der Waals surface area contributed by atoms with E-state index in [9.17, 15) is 10.1 Å². The fourth-order valence-corrected chi connectivity index (χ4v) is 2.62. The zero-order valence-corrected chi connectivity index (χ0v) is 11.3. The van der Waals surface area contributed by atoms with Crippen LogP contribution in [0.15, 0.2) is 0 Å². The number of amides is 1. The predicted octanol–water partition coefficient (Wildman–Crippen LogP) is 1.56. The molecule has 4 nitrogen and oxygen atoms in total. The molecule has 17 heavy (non-hydrogen) atoms. The molecule has 1 atom stereocenters. The second-order valence-corrected chi connectivity index (χ2v) is 5.25. The van der Waals surface area contributed by atoms with Crippen LogP contribution >= 0.6 is 11.8 Å². The lowest BCUT2D eigenvalue weighted by Gasteiger charge is -2.31. The second-order valence-electron chi connectivity index (χ2n) is 4.34. The zero-order valence-electron chi connectivity index (χ0n) is 10.5. The predicted molar refractivity (Wildman–Crippen MR) is 68.7 cm³/mol. The molecule has 5 heteroatoms. The summed E-state index contributed by atoms with van der Waals surface area (Å²) in [4.78, 5) is 12.2. The fraction of sp³-hybridized carbons (Fsp3) is 0.833. The standard InChI is InChI=1S/C12H20N2O2S/c1-3-10(8-17-2)14-11(15)12(9-13)4-6-16-7-5-12/h10H,3-8H2,1-2H3,(H,14,15). The van der Waals surface area contributed by atoms with Gasteiger partial charge in [-0.2, -0.15) is 17.0 Å². The van der Waals surface area contributed by atoms with Gasteiger partial charge in [-0.3, -0.25) is 4.79 Å². The van der Waals surface area contributed by atoms with Crippen molar-refractivity contribution in [3.63, 3.8) is 0 Å². The highest BCUT2D eigenvalue weighted by Gasteiger charge is 2.40. The lowest BCUT2D eigenvalue weighted by atomic mass is 9.80. The molecule has 0 aromatic heterocycles. The lowest BCUT2D eigenvalue weighted by molar-refractivity contribution is -0.133. The first-order chi connectivity index (χ1) is 8.18. The first kappa shape index (κ1) is 14.3. The number of hydrogen-bond donors (Lipinski definition) is 1. The van der Waals surface area contributed by atoms with E-state index < -0.39 is 5.41 Å². The molecule has 1 fully saturated rings. The summed E-state index contributed by atoms with van der Waals surface area (Å²) in [6.45, 7) is 3.05. The normalized spacial score (nSPS) is 20.3. The minimum absolute atomic E-state index is 0.121. The van der Waals surface area contributed by atoms with Gasteiger partial charge < -0.3 is 10.1 Å². The summed E-state index contributed by atoms with van der Waals surface area (Å²) in [6, 6.07) is 2.35. The Morgan fingerprint density at radius 1 is 1.59 bits per heavy atom. The number of rotatable bonds is 5. The summed E-state index contributed by atoms with van der Waals surface area (Å²) in [5.74, 6) is 0.768. The van der Waals surface area contributed by atoms with Crippen LogP contribution < -0.4 is 5.32 Å². The number of hydrogen-bond acceptors (Lipinski definition) is 4. The van der Waals surface area contributed by atoms with E-state index >= 15 is 0 Å². The van der Waals surface area contributed by atoms with E-state index in [0.717, 1.165) is 12.2 Å². The van der Waals surface area contributed by atoms with Crippen molar-refractivity contribution >= 4 is 17.7 Å². The third-order valence-electron chi connectivity index (χ3n) is 3.19. The van der Waals surface area contributed by atoms with Crippen LogP contribution in [0.25, 0.3) is 0 Å². The van der Waals surface area contributed by atoms with Gasteiger partial charge in [0.15, 0.2) is 0 Å². The van der Waals surface area contributed by atoms with E-state index in [-0.39, 0.29) is 11.9 Å². The Morgan fingerprint density at radius 2 is 2.24 bits per heavy atom. The molecule has 1 heterocycles. The molecule has 0 spiro atoms. The minimum Gasteiger partial charge on any atom is -0.381 e. The van der Waals surface area contributed by atoms with Crippen LogP contribution in [0.1, 0.15) is 26.2 Å². The molecule has 96 valence electrons. The van der Waals surface area contributed by atoms with E-state index in [4.69, 9.17) is 4.74 Å². The molecular weight excluding hydrogens is 236 g/mol. The molecule has 1 aliphatic rings. The van der Waals surface area contributed by atoms with Gasteiger partial charge in [-0.15, -0.1) is 0 Å². The molecule has 0 aromatic carbocycles. The third kappa shape index (κ3) is 3.62. The number of nitrogens with one attached hydrogen (secondary N) is 1. The maximum Gasteiger partial charge on any atom is 0.240 e. The zero-order chi connectivity index (χ0) is 12.7. The average Bonchev–Trinajstić information content (AvgIpc) is 2.38. The Balaban J connectivity index is 2.63. The van der Waals surface area contributed by atoms with Crippen molar-refractivity contribution in [2.45, 2.75) is 32.2 Å². The molecule has 1 N–H and O–H groups in total. The monoisotopic (exact) mass is 256 g/mol. The maximum atomic E-state index is 12.2. The summed E-state index contributed by atoms with van der Waals surface area (Å²) >= 11 is 1.71. The van der Waals surface area contributed by atoms with Crippen molar-refractivity contribution in [2.75, 3.05) is 25.2 Å². The molecule has 1 unspecified atom stereocenters. The third-order valence-corrected chi connectivity index (χ3v) is 3.93. The minimum atomic E-state index is -0.871. The Hall–Kier alpha value is -0.730. The number of ether oxygens (including phenoxy) is 1. The van der Waals surface area contributed by atoms with Crippen LogP contribution in [0.2, 0.25) is 0 Å². The van der Waals surface area contributed by atoms with Gasteiger partial charge in [-0.25, -0.2) is 0 Å². The van der Waals surface area contributed by atoms with Gasteiger partial charge in [0.05, 0.1) is 6.07 Å². The quantitative estimate of drug-likeness (QED) is 0.811. The highest BCUT2D eigenvalue weighted by molar-refractivity contribution is 7.98. The molecule has 1 amide bonds. The molecule has 0 saturated carbocycles. The van der Waals surface area contributed by atoms with Crippen molar-refractivity contribution in [2.24, 2.45) is 5.41 Å². The summed E-state index contributed by atoms with van der Waals surface area (Å²) in [5.41, 5.74) is -0.871.